The standard InChI is InChI=1S/C17H28N4O4/c1-2-6-18-17(22)21-10-14(11-21)16-19-15(20-25-16)5-9-24-12-13-3-7-23-8-4-13/h13-14H,2-12H2,1H3,(H,18,22). The van der Waals surface area contributed by atoms with Crippen molar-refractivity contribution in [3.05, 3.63) is 11.7 Å². The zero-order valence-electron chi connectivity index (χ0n) is 14.9. The first-order valence-corrected chi connectivity index (χ1v) is 9.27. The van der Waals surface area contributed by atoms with Gasteiger partial charge in [-0.3, -0.25) is 0 Å². The van der Waals surface area contributed by atoms with E-state index in [4.69, 9.17) is 14.0 Å². The average molecular weight is 352 g/mol. The van der Waals surface area contributed by atoms with Crippen LogP contribution in [0.25, 0.3) is 0 Å². The van der Waals surface area contributed by atoms with Crippen molar-refractivity contribution >= 4 is 6.03 Å². The van der Waals surface area contributed by atoms with E-state index in [0.717, 1.165) is 39.1 Å². The van der Waals surface area contributed by atoms with Gasteiger partial charge in [-0.05, 0) is 25.2 Å². The maximum Gasteiger partial charge on any atom is 0.317 e. The fraction of sp³-hybridized carbons (Fsp3) is 0.824. The number of rotatable bonds is 8. The Morgan fingerprint density at radius 1 is 1.36 bits per heavy atom. The Balaban J connectivity index is 1.32. The Labute approximate surface area is 148 Å². The SMILES string of the molecule is CCCNC(=O)N1CC(c2nc(CCOCC3CCOCC3)no2)C1. The van der Waals surface area contributed by atoms with Gasteiger partial charge in [-0.2, -0.15) is 4.98 Å². The lowest BCUT2D eigenvalue weighted by Gasteiger charge is -2.36. The molecule has 2 saturated heterocycles. The molecule has 0 saturated carbocycles. The maximum absolute atomic E-state index is 11.8. The quantitative estimate of drug-likeness (QED) is 0.715. The van der Waals surface area contributed by atoms with Gasteiger partial charge in [0, 0.05) is 45.9 Å². The van der Waals surface area contributed by atoms with Gasteiger partial charge in [0.15, 0.2) is 5.82 Å². The predicted octanol–water partition coefficient (Wildman–Crippen LogP) is 1.57. The number of carbonyl (C=O) groups is 1. The molecule has 0 spiro atoms. The van der Waals surface area contributed by atoms with E-state index in [0.29, 0.717) is 50.3 Å². The summed E-state index contributed by atoms with van der Waals surface area (Å²) < 4.78 is 16.4. The largest absolute Gasteiger partial charge is 0.381 e. The van der Waals surface area contributed by atoms with Crippen LogP contribution in [0.1, 0.15) is 43.8 Å². The molecule has 0 unspecified atom stereocenters. The Bertz CT molecular complexity index is 539. The molecule has 2 amide bonds. The summed E-state index contributed by atoms with van der Waals surface area (Å²) >= 11 is 0. The molecule has 0 aromatic carbocycles. The topological polar surface area (TPSA) is 89.7 Å². The zero-order valence-corrected chi connectivity index (χ0v) is 14.9. The van der Waals surface area contributed by atoms with Crippen LogP contribution >= 0.6 is 0 Å². The summed E-state index contributed by atoms with van der Waals surface area (Å²) in [6.07, 6.45) is 3.75. The van der Waals surface area contributed by atoms with Crippen molar-refractivity contribution in [1.82, 2.24) is 20.4 Å². The van der Waals surface area contributed by atoms with E-state index in [1.807, 2.05) is 6.92 Å². The number of likely N-dealkylation sites (tertiary alicyclic amines) is 1. The molecule has 8 nitrogen and oxygen atoms in total. The number of aromatic nitrogens is 2. The number of ether oxygens (including phenoxy) is 2. The summed E-state index contributed by atoms with van der Waals surface area (Å²) in [6, 6.07) is -0.0145. The molecule has 2 aliphatic heterocycles. The molecule has 3 rings (SSSR count). The second-order valence-corrected chi connectivity index (χ2v) is 6.76. The Hall–Kier alpha value is -1.67. The van der Waals surface area contributed by atoms with Gasteiger partial charge in [-0.1, -0.05) is 12.1 Å². The third-order valence-corrected chi connectivity index (χ3v) is 4.69. The van der Waals surface area contributed by atoms with Crippen LogP contribution in [0.4, 0.5) is 4.79 Å². The van der Waals surface area contributed by atoms with Crippen molar-refractivity contribution in [2.75, 3.05) is 46.1 Å². The number of nitrogens with zero attached hydrogens (tertiary/aromatic N) is 3. The lowest BCUT2D eigenvalue weighted by atomic mass is 10.0. The summed E-state index contributed by atoms with van der Waals surface area (Å²) in [6.45, 7) is 7.08. The molecule has 2 aliphatic rings. The first-order chi connectivity index (χ1) is 12.3. The van der Waals surface area contributed by atoms with Gasteiger partial charge < -0.3 is 24.2 Å². The second kappa shape index (κ2) is 9.15. The van der Waals surface area contributed by atoms with Gasteiger partial charge in [0.1, 0.15) is 0 Å². The summed E-state index contributed by atoms with van der Waals surface area (Å²) in [5.74, 6) is 2.06. The summed E-state index contributed by atoms with van der Waals surface area (Å²) in [5, 5.41) is 6.89. The third kappa shape index (κ3) is 5.15. The van der Waals surface area contributed by atoms with Gasteiger partial charge in [0.25, 0.3) is 0 Å². The number of hydrogen-bond donors (Lipinski definition) is 1. The van der Waals surface area contributed by atoms with Crippen LogP contribution in [0, 0.1) is 5.92 Å². The smallest absolute Gasteiger partial charge is 0.317 e. The van der Waals surface area contributed by atoms with Gasteiger partial charge in [0.05, 0.1) is 12.5 Å². The van der Waals surface area contributed by atoms with Crippen LogP contribution < -0.4 is 5.32 Å². The van der Waals surface area contributed by atoms with Crippen LogP contribution in [0.15, 0.2) is 4.52 Å². The lowest BCUT2D eigenvalue weighted by molar-refractivity contribution is 0.0211. The van der Waals surface area contributed by atoms with Crippen molar-refractivity contribution in [2.24, 2.45) is 5.92 Å². The highest BCUT2D eigenvalue weighted by Crippen LogP contribution is 2.25. The first-order valence-electron chi connectivity index (χ1n) is 9.27. The fourth-order valence-corrected chi connectivity index (χ4v) is 3.01. The van der Waals surface area contributed by atoms with Crippen LogP contribution in [0.2, 0.25) is 0 Å². The number of carbonyl (C=O) groups excluding carboxylic acids is 1. The molecular formula is C17H28N4O4. The minimum absolute atomic E-state index is 0.0145. The van der Waals surface area contributed by atoms with Gasteiger partial charge in [-0.15, -0.1) is 0 Å². The van der Waals surface area contributed by atoms with Crippen LogP contribution in [-0.2, 0) is 15.9 Å². The summed E-state index contributed by atoms with van der Waals surface area (Å²) in [5.41, 5.74) is 0. The molecule has 8 heteroatoms. The van der Waals surface area contributed by atoms with E-state index in [2.05, 4.69) is 15.5 Å². The van der Waals surface area contributed by atoms with E-state index in [-0.39, 0.29) is 11.9 Å². The molecule has 1 aromatic rings. The lowest BCUT2D eigenvalue weighted by Crippen LogP contribution is -2.52. The zero-order chi connectivity index (χ0) is 17.5. The molecule has 0 bridgehead atoms. The number of amides is 2. The fourth-order valence-electron chi connectivity index (χ4n) is 3.01. The van der Waals surface area contributed by atoms with E-state index < -0.39 is 0 Å². The molecule has 1 aromatic heterocycles. The first kappa shape index (κ1) is 18.1. The molecule has 0 atom stereocenters. The molecule has 2 fully saturated rings. The minimum Gasteiger partial charge on any atom is -0.381 e. The molecule has 0 aliphatic carbocycles. The van der Waals surface area contributed by atoms with Crippen LogP contribution in [0.5, 0.6) is 0 Å². The summed E-state index contributed by atoms with van der Waals surface area (Å²) in [7, 11) is 0. The van der Waals surface area contributed by atoms with E-state index in [1.165, 1.54) is 0 Å². The van der Waals surface area contributed by atoms with E-state index >= 15 is 0 Å². The van der Waals surface area contributed by atoms with Gasteiger partial charge in [0.2, 0.25) is 5.89 Å². The Morgan fingerprint density at radius 3 is 2.92 bits per heavy atom. The van der Waals surface area contributed by atoms with Crippen molar-refractivity contribution in [3.63, 3.8) is 0 Å². The average Bonchev–Trinajstić information content (AvgIpc) is 3.05. The monoisotopic (exact) mass is 352 g/mol. The number of hydrogen-bond acceptors (Lipinski definition) is 6. The van der Waals surface area contributed by atoms with Crippen molar-refractivity contribution in [1.29, 1.82) is 0 Å². The van der Waals surface area contributed by atoms with E-state index in [9.17, 15) is 4.79 Å². The highest BCUT2D eigenvalue weighted by Gasteiger charge is 2.35. The summed E-state index contributed by atoms with van der Waals surface area (Å²) in [4.78, 5) is 18.0. The van der Waals surface area contributed by atoms with Crippen LogP contribution in [0.3, 0.4) is 0 Å². The molecular weight excluding hydrogens is 324 g/mol. The normalized spacial score (nSPS) is 19.0. The molecule has 25 heavy (non-hydrogen) atoms. The van der Waals surface area contributed by atoms with Gasteiger partial charge >= 0.3 is 6.03 Å². The van der Waals surface area contributed by atoms with Crippen molar-refractivity contribution in [3.8, 4) is 0 Å². The molecule has 1 N–H and O–H groups in total. The number of urea groups is 1. The Morgan fingerprint density at radius 2 is 2.16 bits per heavy atom. The molecule has 140 valence electrons. The predicted molar refractivity (Wildman–Crippen MR) is 90.4 cm³/mol. The van der Waals surface area contributed by atoms with Gasteiger partial charge in [-0.25, -0.2) is 4.79 Å². The van der Waals surface area contributed by atoms with Crippen LogP contribution in [-0.4, -0.2) is 67.1 Å². The highest BCUT2D eigenvalue weighted by atomic mass is 16.5. The third-order valence-electron chi connectivity index (χ3n) is 4.69. The van der Waals surface area contributed by atoms with Crippen molar-refractivity contribution in [2.45, 2.75) is 38.5 Å². The minimum atomic E-state index is -0.0145. The Kier molecular flexibility index (Phi) is 6.63. The molecule has 3 heterocycles. The number of nitrogens with one attached hydrogen (secondary N) is 1. The van der Waals surface area contributed by atoms with Crippen molar-refractivity contribution < 1.29 is 18.8 Å². The highest BCUT2D eigenvalue weighted by molar-refractivity contribution is 5.75. The second-order valence-electron chi connectivity index (χ2n) is 6.76. The van der Waals surface area contributed by atoms with E-state index in [1.54, 1.807) is 4.90 Å². The maximum atomic E-state index is 11.8. The molecule has 0 radical (unpaired) electrons.